The molecular formula is C22H26N4O2. The summed E-state index contributed by atoms with van der Waals surface area (Å²) in [4.78, 5) is 18.4. The lowest BCUT2D eigenvalue weighted by Gasteiger charge is -2.32. The summed E-state index contributed by atoms with van der Waals surface area (Å²) in [7, 11) is 0. The Morgan fingerprint density at radius 2 is 2.21 bits per heavy atom. The number of amides is 1. The molecule has 6 nitrogen and oxygen atoms in total. The van der Waals surface area contributed by atoms with Crippen LogP contribution in [0.1, 0.15) is 48.1 Å². The Balaban J connectivity index is 1.48. The second-order valence-corrected chi connectivity index (χ2v) is 7.30. The molecule has 1 aliphatic rings. The fourth-order valence-electron chi connectivity index (χ4n) is 3.87. The Kier molecular flexibility index (Phi) is 5.19. The number of para-hydroxylation sites is 1. The van der Waals surface area contributed by atoms with Crippen molar-refractivity contribution < 1.29 is 9.32 Å². The van der Waals surface area contributed by atoms with Crippen molar-refractivity contribution in [1.82, 2.24) is 20.4 Å². The van der Waals surface area contributed by atoms with Gasteiger partial charge in [0, 0.05) is 29.2 Å². The third kappa shape index (κ3) is 3.81. The van der Waals surface area contributed by atoms with E-state index >= 15 is 0 Å². The van der Waals surface area contributed by atoms with Gasteiger partial charge in [0.2, 0.25) is 0 Å². The van der Waals surface area contributed by atoms with E-state index in [1.165, 1.54) is 0 Å². The zero-order chi connectivity index (χ0) is 19.5. The predicted molar refractivity (Wildman–Crippen MR) is 109 cm³/mol. The van der Waals surface area contributed by atoms with E-state index in [1.54, 1.807) is 0 Å². The van der Waals surface area contributed by atoms with Crippen LogP contribution in [0.5, 0.6) is 0 Å². The van der Waals surface area contributed by atoms with Gasteiger partial charge in [0.25, 0.3) is 5.91 Å². The maximum atomic E-state index is 13.2. The Morgan fingerprint density at radius 1 is 1.36 bits per heavy atom. The van der Waals surface area contributed by atoms with Crippen LogP contribution < -0.4 is 5.32 Å². The number of carbonyl (C=O) groups is 1. The number of carbonyl (C=O) groups excluding carboxylic acids is 1. The highest BCUT2D eigenvalue weighted by Crippen LogP contribution is 2.23. The summed E-state index contributed by atoms with van der Waals surface area (Å²) in [5, 5.41) is 8.42. The van der Waals surface area contributed by atoms with Gasteiger partial charge in [-0.25, -0.2) is 0 Å². The van der Waals surface area contributed by atoms with Crippen LogP contribution in [0.3, 0.4) is 0 Å². The molecule has 1 atom stereocenters. The highest BCUT2D eigenvalue weighted by molar-refractivity contribution is 5.98. The molecule has 2 heterocycles. The number of allylic oxidation sites excluding steroid dienone is 1. The van der Waals surface area contributed by atoms with Crippen molar-refractivity contribution in [2.45, 2.75) is 45.7 Å². The van der Waals surface area contributed by atoms with Gasteiger partial charge >= 0.3 is 0 Å². The summed E-state index contributed by atoms with van der Waals surface area (Å²) >= 11 is 0. The van der Waals surface area contributed by atoms with Crippen LogP contribution in [0.2, 0.25) is 0 Å². The molecule has 2 aromatic heterocycles. The van der Waals surface area contributed by atoms with E-state index in [9.17, 15) is 4.79 Å². The molecule has 1 aromatic carbocycles. The van der Waals surface area contributed by atoms with E-state index in [-0.39, 0.29) is 11.9 Å². The molecule has 6 heteroatoms. The maximum absolute atomic E-state index is 13.2. The van der Waals surface area contributed by atoms with Crippen molar-refractivity contribution in [2.24, 2.45) is 0 Å². The van der Waals surface area contributed by atoms with Crippen LogP contribution in [-0.2, 0) is 6.54 Å². The van der Waals surface area contributed by atoms with Crippen LogP contribution in [0.25, 0.3) is 10.9 Å². The summed E-state index contributed by atoms with van der Waals surface area (Å²) < 4.78 is 5.27. The number of likely N-dealkylation sites (N-methyl/N-ethyl adjacent to an activating group) is 1. The Morgan fingerprint density at radius 3 is 2.96 bits per heavy atom. The lowest BCUT2D eigenvalue weighted by molar-refractivity contribution is 0.0706. The van der Waals surface area contributed by atoms with Crippen LogP contribution in [0.15, 0.2) is 52.7 Å². The van der Waals surface area contributed by atoms with E-state index in [2.05, 4.69) is 21.5 Å². The number of aromatic nitrogens is 2. The molecule has 0 bridgehead atoms. The molecule has 0 saturated carbocycles. The number of fused-ring (bicyclic) bond motifs is 1. The molecule has 0 saturated heterocycles. The molecule has 0 aliphatic heterocycles. The van der Waals surface area contributed by atoms with Crippen molar-refractivity contribution in [3.05, 3.63) is 65.3 Å². The Bertz CT molecular complexity index is 968. The Labute approximate surface area is 164 Å². The molecular weight excluding hydrogens is 352 g/mol. The van der Waals surface area contributed by atoms with Crippen molar-refractivity contribution in [1.29, 1.82) is 0 Å². The number of hydrogen-bond acceptors (Lipinski definition) is 4. The van der Waals surface area contributed by atoms with Gasteiger partial charge in [-0.15, -0.1) is 0 Å². The molecule has 0 spiro atoms. The normalized spacial score (nSPS) is 16.8. The summed E-state index contributed by atoms with van der Waals surface area (Å²) in [6.07, 6.45) is 5.21. The molecule has 2 N–H and O–H groups in total. The third-order valence-corrected chi connectivity index (χ3v) is 5.27. The second kappa shape index (κ2) is 7.92. The van der Waals surface area contributed by atoms with Gasteiger partial charge in [0.15, 0.2) is 5.76 Å². The largest absolute Gasteiger partial charge is 0.381 e. The van der Waals surface area contributed by atoms with Gasteiger partial charge in [0.05, 0.1) is 18.3 Å². The molecule has 4 rings (SSSR count). The molecule has 28 heavy (non-hydrogen) atoms. The number of nitrogens with zero attached hydrogens (tertiary/aromatic N) is 2. The van der Waals surface area contributed by atoms with Crippen LogP contribution in [0, 0.1) is 6.92 Å². The van der Waals surface area contributed by atoms with E-state index in [0.717, 1.165) is 47.3 Å². The lowest BCUT2D eigenvalue weighted by atomic mass is 9.98. The number of H-pyrrole nitrogens is 1. The highest BCUT2D eigenvalue weighted by Gasteiger charge is 2.25. The fraction of sp³-hybridized carbons (Fsp3) is 0.364. The quantitative estimate of drug-likeness (QED) is 0.676. The molecule has 0 unspecified atom stereocenters. The van der Waals surface area contributed by atoms with Crippen molar-refractivity contribution in [2.75, 3.05) is 6.54 Å². The van der Waals surface area contributed by atoms with Crippen LogP contribution >= 0.6 is 0 Å². The minimum Gasteiger partial charge on any atom is -0.381 e. The monoisotopic (exact) mass is 378 g/mol. The van der Waals surface area contributed by atoms with Crippen molar-refractivity contribution >= 4 is 16.8 Å². The minimum atomic E-state index is 0.0482. The van der Waals surface area contributed by atoms with Gasteiger partial charge in [-0.3, -0.25) is 4.79 Å². The first kappa shape index (κ1) is 18.3. The molecule has 1 aliphatic carbocycles. The SMILES string of the molecule is CCN(C(=O)c1cc2ccccc2[nH]1)[C@@H]1C=C(NCc2cc(C)no2)CCC1. The average Bonchev–Trinajstić information content (AvgIpc) is 3.33. The molecule has 146 valence electrons. The first-order valence-electron chi connectivity index (χ1n) is 9.89. The van der Waals surface area contributed by atoms with Gasteiger partial charge in [-0.05, 0) is 51.3 Å². The smallest absolute Gasteiger partial charge is 0.270 e. The summed E-state index contributed by atoms with van der Waals surface area (Å²) in [6.45, 7) is 5.23. The number of aryl methyl sites for hydroxylation is 1. The van der Waals surface area contributed by atoms with Gasteiger partial charge in [-0.2, -0.15) is 0 Å². The first-order valence-corrected chi connectivity index (χ1v) is 9.89. The highest BCUT2D eigenvalue weighted by atomic mass is 16.5. The average molecular weight is 378 g/mol. The van der Waals surface area contributed by atoms with E-state index in [1.807, 2.05) is 55.1 Å². The van der Waals surface area contributed by atoms with Gasteiger partial charge in [0.1, 0.15) is 5.69 Å². The summed E-state index contributed by atoms with van der Waals surface area (Å²) in [5.41, 5.74) is 3.68. The number of hydrogen-bond donors (Lipinski definition) is 2. The standard InChI is InChI=1S/C22H26N4O2/c1-3-26(22(27)21-12-16-7-4-5-10-20(16)24-21)18-9-6-8-17(13-18)23-14-19-11-15(2)25-28-19/h4-5,7,10-13,18,23-24H,3,6,8-9,14H2,1-2H3/t18-/m0/s1. The number of rotatable bonds is 6. The third-order valence-electron chi connectivity index (χ3n) is 5.27. The van der Waals surface area contributed by atoms with Crippen molar-refractivity contribution in [3.63, 3.8) is 0 Å². The van der Waals surface area contributed by atoms with E-state index < -0.39 is 0 Å². The van der Waals surface area contributed by atoms with Crippen LogP contribution in [0.4, 0.5) is 0 Å². The van der Waals surface area contributed by atoms with Crippen molar-refractivity contribution in [3.8, 4) is 0 Å². The topological polar surface area (TPSA) is 74.2 Å². The number of aromatic amines is 1. The molecule has 1 amide bonds. The lowest BCUT2D eigenvalue weighted by Crippen LogP contribution is -2.41. The second-order valence-electron chi connectivity index (χ2n) is 7.30. The van der Waals surface area contributed by atoms with Gasteiger partial charge < -0.3 is 19.7 Å². The molecule has 0 fully saturated rings. The molecule has 3 aromatic rings. The zero-order valence-corrected chi connectivity index (χ0v) is 16.4. The van der Waals surface area contributed by atoms with E-state index in [0.29, 0.717) is 18.8 Å². The maximum Gasteiger partial charge on any atom is 0.270 e. The Hall–Kier alpha value is -3.02. The predicted octanol–water partition coefficient (Wildman–Crippen LogP) is 4.15. The number of nitrogens with one attached hydrogen (secondary N) is 2. The van der Waals surface area contributed by atoms with Crippen LogP contribution in [-0.4, -0.2) is 33.5 Å². The summed E-state index contributed by atoms with van der Waals surface area (Å²) in [5.74, 6) is 0.870. The van der Waals surface area contributed by atoms with E-state index in [4.69, 9.17) is 4.52 Å². The zero-order valence-electron chi connectivity index (χ0n) is 16.4. The fourth-order valence-corrected chi connectivity index (χ4v) is 3.87. The number of benzene rings is 1. The first-order chi connectivity index (χ1) is 13.6. The van der Waals surface area contributed by atoms with Gasteiger partial charge in [-0.1, -0.05) is 23.4 Å². The molecule has 0 radical (unpaired) electrons. The summed E-state index contributed by atoms with van der Waals surface area (Å²) in [6, 6.07) is 12.0. The minimum absolute atomic E-state index is 0.0482.